The minimum atomic E-state index is -1.02. The maximum atomic E-state index is 11.4. The quantitative estimate of drug-likeness (QED) is 0.302. The lowest BCUT2D eigenvalue weighted by Gasteiger charge is -2.17. The summed E-state index contributed by atoms with van der Waals surface area (Å²) in [4.78, 5) is 22.5. The Labute approximate surface area is 169 Å². The number of rotatable bonds is 9. The first kappa shape index (κ1) is 21.0. The van der Waals surface area contributed by atoms with Crippen molar-refractivity contribution in [2.24, 2.45) is 0 Å². The maximum absolute atomic E-state index is 11.4. The van der Waals surface area contributed by atoms with Gasteiger partial charge in [0.15, 0.2) is 6.10 Å². The molecule has 1 atom stereocenters. The van der Waals surface area contributed by atoms with E-state index in [2.05, 4.69) is 15.9 Å². The van der Waals surface area contributed by atoms with Crippen molar-refractivity contribution in [3.63, 3.8) is 0 Å². The van der Waals surface area contributed by atoms with Crippen molar-refractivity contribution in [1.29, 1.82) is 0 Å². The molecule has 0 radical (unpaired) electrons. The van der Waals surface area contributed by atoms with E-state index >= 15 is 0 Å². The Morgan fingerprint density at radius 1 is 1.30 bits per heavy atom. The average Bonchev–Trinajstić information content (AvgIpc) is 2.63. The van der Waals surface area contributed by atoms with Crippen LogP contribution in [0.5, 0.6) is 17.2 Å². The average molecular weight is 456 g/mol. The van der Waals surface area contributed by atoms with Crippen LogP contribution in [0, 0.1) is 10.1 Å². The second-order valence-corrected chi connectivity index (χ2v) is 7.22. The molecule has 0 aliphatic heterocycles. The van der Waals surface area contributed by atoms with Crippen molar-refractivity contribution in [1.82, 2.24) is 0 Å². The molecule has 0 saturated heterocycles. The fraction of sp³-hybridized carbons (Fsp3) is 0.278. The van der Waals surface area contributed by atoms with Gasteiger partial charge in [0, 0.05) is 23.1 Å². The SMILES string of the molecule is CCCC(Oc1cc(Oc2ccc([N+](=O)[O-])cc2Br)ccc1SC)C(=O)O. The normalized spacial score (nSPS) is 11.7. The number of carbonyl (C=O) groups is 1. The zero-order chi connectivity index (χ0) is 20.0. The molecule has 9 heteroatoms. The van der Waals surface area contributed by atoms with Gasteiger partial charge in [-0.25, -0.2) is 4.79 Å². The van der Waals surface area contributed by atoms with Gasteiger partial charge in [0.2, 0.25) is 0 Å². The van der Waals surface area contributed by atoms with Gasteiger partial charge in [-0.1, -0.05) is 13.3 Å². The smallest absolute Gasteiger partial charge is 0.344 e. The molecular weight excluding hydrogens is 438 g/mol. The predicted octanol–water partition coefficient (Wildman–Crippen LogP) is 5.50. The van der Waals surface area contributed by atoms with Gasteiger partial charge in [-0.05, 0) is 46.8 Å². The van der Waals surface area contributed by atoms with Gasteiger partial charge in [-0.2, -0.15) is 0 Å². The van der Waals surface area contributed by atoms with E-state index in [-0.39, 0.29) is 5.69 Å². The number of carboxylic acids is 1. The van der Waals surface area contributed by atoms with Crippen LogP contribution in [-0.4, -0.2) is 28.4 Å². The number of nitro benzene ring substituents is 1. The molecule has 27 heavy (non-hydrogen) atoms. The molecule has 2 aromatic carbocycles. The van der Waals surface area contributed by atoms with Crippen LogP contribution in [0.4, 0.5) is 5.69 Å². The monoisotopic (exact) mass is 455 g/mol. The number of nitrogens with zero attached hydrogens (tertiary/aromatic N) is 1. The van der Waals surface area contributed by atoms with Gasteiger partial charge < -0.3 is 14.6 Å². The van der Waals surface area contributed by atoms with Gasteiger partial charge in [0.1, 0.15) is 17.2 Å². The minimum absolute atomic E-state index is 0.0557. The number of non-ortho nitro benzene ring substituents is 1. The van der Waals surface area contributed by atoms with Crippen LogP contribution in [0.15, 0.2) is 45.8 Å². The van der Waals surface area contributed by atoms with Crippen LogP contribution in [0.1, 0.15) is 19.8 Å². The number of thioether (sulfide) groups is 1. The van der Waals surface area contributed by atoms with Crippen LogP contribution >= 0.6 is 27.7 Å². The first-order valence-corrected chi connectivity index (χ1v) is 10.1. The Balaban J connectivity index is 2.28. The van der Waals surface area contributed by atoms with Crippen molar-refractivity contribution >= 4 is 39.3 Å². The number of ether oxygens (including phenoxy) is 2. The highest BCUT2D eigenvalue weighted by Crippen LogP contribution is 2.37. The van der Waals surface area contributed by atoms with Gasteiger partial charge >= 0.3 is 5.97 Å². The number of halogens is 1. The van der Waals surface area contributed by atoms with Crippen molar-refractivity contribution < 1.29 is 24.3 Å². The number of hydrogen-bond donors (Lipinski definition) is 1. The zero-order valence-electron chi connectivity index (χ0n) is 14.7. The minimum Gasteiger partial charge on any atom is -0.479 e. The number of hydrogen-bond acceptors (Lipinski definition) is 6. The van der Waals surface area contributed by atoms with Gasteiger partial charge in [0.05, 0.1) is 9.40 Å². The Morgan fingerprint density at radius 3 is 2.59 bits per heavy atom. The number of benzene rings is 2. The highest BCUT2D eigenvalue weighted by atomic mass is 79.9. The van der Waals surface area contributed by atoms with E-state index in [1.54, 1.807) is 18.2 Å². The van der Waals surface area contributed by atoms with Crippen LogP contribution in [0.25, 0.3) is 0 Å². The van der Waals surface area contributed by atoms with Crippen LogP contribution in [-0.2, 0) is 4.79 Å². The molecule has 0 spiro atoms. The van der Waals surface area contributed by atoms with Gasteiger partial charge in [0.25, 0.3) is 5.69 Å². The first-order valence-electron chi connectivity index (χ1n) is 8.05. The van der Waals surface area contributed by atoms with E-state index in [0.717, 1.165) is 4.90 Å². The Hall–Kier alpha value is -2.26. The molecule has 144 valence electrons. The molecule has 0 aliphatic rings. The van der Waals surface area contributed by atoms with Crippen LogP contribution < -0.4 is 9.47 Å². The molecule has 7 nitrogen and oxygen atoms in total. The Bertz CT molecular complexity index is 845. The molecule has 1 unspecified atom stereocenters. The molecule has 1 N–H and O–H groups in total. The van der Waals surface area contributed by atoms with E-state index in [0.29, 0.717) is 34.6 Å². The molecule has 2 rings (SSSR count). The predicted molar refractivity (Wildman–Crippen MR) is 106 cm³/mol. The summed E-state index contributed by atoms with van der Waals surface area (Å²) in [6.07, 6.45) is 1.99. The highest BCUT2D eigenvalue weighted by molar-refractivity contribution is 9.10. The summed E-state index contributed by atoms with van der Waals surface area (Å²) in [6, 6.07) is 9.30. The van der Waals surface area contributed by atoms with E-state index in [1.165, 1.54) is 30.0 Å². The topological polar surface area (TPSA) is 98.9 Å². The highest BCUT2D eigenvalue weighted by Gasteiger charge is 2.20. The fourth-order valence-electron chi connectivity index (χ4n) is 2.27. The van der Waals surface area contributed by atoms with Crippen molar-refractivity contribution in [3.8, 4) is 17.2 Å². The molecule has 0 aromatic heterocycles. The number of nitro groups is 1. The second-order valence-electron chi connectivity index (χ2n) is 5.52. The number of carboxylic acid groups (broad SMARTS) is 1. The summed E-state index contributed by atoms with van der Waals surface area (Å²) in [6.45, 7) is 1.89. The largest absolute Gasteiger partial charge is 0.479 e. The second kappa shape index (κ2) is 9.61. The van der Waals surface area contributed by atoms with E-state index < -0.39 is 17.0 Å². The Kier molecular flexibility index (Phi) is 7.49. The van der Waals surface area contributed by atoms with E-state index in [9.17, 15) is 20.0 Å². The third-order valence-corrected chi connectivity index (χ3v) is 4.98. The van der Waals surface area contributed by atoms with Crippen LogP contribution in [0.3, 0.4) is 0 Å². The lowest BCUT2D eigenvalue weighted by Crippen LogP contribution is -2.26. The summed E-state index contributed by atoms with van der Waals surface area (Å²) in [5.74, 6) is 0.219. The summed E-state index contributed by atoms with van der Waals surface area (Å²) in [5, 5.41) is 20.1. The summed E-state index contributed by atoms with van der Waals surface area (Å²) in [7, 11) is 0. The van der Waals surface area contributed by atoms with Crippen molar-refractivity contribution in [2.45, 2.75) is 30.8 Å². The summed E-state index contributed by atoms with van der Waals surface area (Å²) in [5.41, 5.74) is -0.0557. The first-order chi connectivity index (χ1) is 12.8. The summed E-state index contributed by atoms with van der Waals surface area (Å²) < 4.78 is 11.9. The maximum Gasteiger partial charge on any atom is 0.344 e. The third-order valence-electron chi connectivity index (χ3n) is 3.58. The van der Waals surface area contributed by atoms with Crippen molar-refractivity contribution in [3.05, 3.63) is 51.0 Å². The lowest BCUT2D eigenvalue weighted by atomic mass is 10.2. The van der Waals surface area contributed by atoms with Crippen molar-refractivity contribution in [2.75, 3.05) is 6.26 Å². The van der Waals surface area contributed by atoms with E-state index in [4.69, 9.17) is 9.47 Å². The standard InChI is InChI=1S/C18H18BrNO6S/c1-3-4-15(18(21)22)26-16-10-12(6-8-17(16)27-2)25-14-7-5-11(20(23)24)9-13(14)19/h5-10,15H,3-4H2,1-2H3,(H,21,22). The Morgan fingerprint density at radius 2 is 2.04 bits per heavy atom. The molecule has 0 heterocycles. The zero-order valence-corrected chi connectivity index (χ0v) is 17.1. The molecule has 2 aromatic rings. The van der Waals surface area contributed by atoms with Gasteiger partial charge in [-0.15, -0.1) is 11.8 Å². The molecular formula is C18H18BrNO6S. The third kappa shape index (κ3) is 5.61. The molecule has 0 saturated carbocycles. The summed E-state index contributed by atoms with van der Waals surface area (Å²) >= 11 is 4.69. The van der Waals surface area contributed by atoms with Gasteiger partial charge in [-0.3, -0.25) is 10.1 Å². The number of aliphatic carboxylic acids is 1. The van der Waals surface area contributed by atoms with Crippen LogP contribution in [0.2, 0.25) is 0 Å². The molecule has 0 amide bonds. The lowest BCUT2D eigenvalue weighted by molar-refractivity contribution is -0.384. The van der Waals surface area contributed by atoms with E-state index in [1.807, 2.05) is 13.2 Å². The molecule has 0 aliphatic carbocycles. The molecule has 0 bridgehead atoms. The fourth-order valence-corrected chi connectivity index (χ4v) is 3.23. The molecule has 0 fully saturated rings.